The van der Waals surface area contributed by atoms with E-state index in [0.717, 1.165) is 19.4 Å². The molecule has 1 aliphatic rings. The summed E-state index contributed by atoms with van der Waals surface area (Å²) >= 11 is 1.65. The highest BCUT2D eigenvalue weighted by atomic mass is 32.1. The Hall–Kier alpha value is -1.88. The summed E-state index contributed by atoms with van der Waals surface area (Å²) in [6, 6.07) is 5.23. The van der Waals surface area contributed by atoms with Crippen LogP contribution in [-0.4, -0.2) is 22.3 Å². The van der Waals surface area contributed by atoms with E-state index in [4.69, 9.17) is 0 Å². The van der Waals surface area contributed by atoms with Crippen molar-refractivity contribution in [2.75, 3.05) is 6.54 Å². The van der Waals surface area contributed by atoms with Crippen molar-refractivity contribution in [3.63, 3.8) is 0 Å². The van der Waals surface area contributed by atoms with Crippen LogP contribution in [0.15, 0.2) is 40.0 Å². The van der Waals surface area contributed by atoms with Gasteiger partial charge in [-0.3, -0.25) is 9.59 Å². The number of nitrogens with one attached hydrogen (secondary N) is 1. The third-order valence-electron chi connectivity index (χ3n) is 3.47. The highest BCUT2D eigenvalue weighted by molar-refractivity contribution is 7.07. The third kappa shape index (κ3) is 2.33. The van der Waals surface area contributed by atoms with E-state index in [1.807, 2.05) is 10.3 Å². The van der Waals surface area contributed by atoms with Gasteiger partial charge in [-0.05, 0) is 41.3 Å². The van der Waals surface area contributed by atoms with Crippen molar-refractivity contribution in [3.8, 4) is 0 Å². The van der Waals surface area contributed by atoms with Crippen LogP contribution in [0.5, 0.6) is 0 Å². The van der Waals surface area contributed by atoms with Crippen molar-refractivity contribution >= 4 is 17.2 Å². The number of amides is 1. The Morgan fingerprint density at radius 3 is 2.95 bits per heavy atom. The molecule has 1 atom stereocenters. The minimum atomic E-state index is -0.188. The Balaban J connectivity index is 1.86. The zero-order valence-corrected chi connectivity index (χ0v) is 11.2. The van der Waals surface area contributed by atoms with Gasteiger partial charge in [-0.1, -0.05) is 0 Å². The number of pyridine rings is 1. The number of aromatic nitrogens is 1. The minimum absolute atomic E-state index is 0.00931. The first-order valence-electron chi connectivity index (χ1n) is 6.27. The van der Waals surface area contributed by atoms with Crippen LogP contribution >= 0.6 is 11.3 Å². The molecule has 1 aliphatic heterocycles. The molecule has 0 aromatic carbocycles. The molecule has 0 aliphatic carbocycles. The van der Waals surface area contributed by atoms with Crippen LogP contribution in [0, 0.1) is 0 Å². The zero-order valence-electron chi connectivity index (χ0n) is 10.3. The first-order chi connectivity index (χ1) is 9.25. The number of hydrogen-bond acceptors (Lipinski definition) is 3. The SMILES string of the molecule is O=C(c1ccc(=O)[nH]c1)N1CCC[C@@H]1c1ccsc1. The van der Waals surface area contributed by atoms with Crippen LogP contribution in [0.25, 0.3) is 0 Å². The summed E-state index contributed by atoms with van der Waals surface area (Å²) in [5.74, 6) is -0.00931. The molecule has 2 aromatic heterocycles. The summed E-state index contributed by atoms with van der Waals surface area (Å²) in [5.41, 5.74) is 1.56. The molecule has 4 nitrogen and oxygen atoms in total. The van der Waals surface area contributed by atoms with E-state index in [0.29, 0.717) is 5.56 Å². The number of H-pyrrole nitrogens is 1. The molecule has 1 amide bonds. The summed E-state index contributed by atoms with van der Waals surface area (Å²) in [7, 11) is 0. The van der Waals surface area contributed by atoms with Gasteiger partial charge in [0.2, 0.25) is 5.56 Å². The van der Waals surface area contributed by atoms with Gasteiger partial charge < -0.3 is 9.88 Å². The molecular formula is C14H14N2O2S. The van der Waals surface area contributed by atoms with E-state index in [9.17, 15) is 9.59 Å². The number of thiophene rings is 1. The molecule has 3 heterocycles. The minimum Gasteiger partial charge on any atom is -0.332 e. The first-order valence-corrected chi connectivity index (χ1v) is 7.22. The number of carbonyl (C=O) groups is 1. The third-order valence-corrected chi connectivity index (χ3v) is 4.17. The topological polar surface area (TPSA) is 53.2 Å². The van der Waals surface area contributed by atoms with Crippen LogP contribution in [-0.2, 0) is 0 Å². The van der Waals surface area contributed by atoms with Gasteiger partial charge in [0.1, 0.15) is 0 Å². The molecule has 0 bridgehead atoms. The summed E-state index contributed by atoms with van der Waals surface area (Å²) in [4.78, 5) is 28.0. The van der Waals surface area contributed by atoms with Crippen molar-refractivity contribution < 1.29 is 4.79 Å². The zero-order chi connectivity index (χ0) is 13.2. The standard InChI is InChI=1S/C14H14N2O2S/c17-13-4-3-10(8-15-13)14(18)16-6-1-2-12(16)11-5-7-19-9-11/h3-5,7-9,12H,1-2,6H2,(H,15,17)/t12-/m1/s1. The predicted octanol–water partition coefficient (Wildman–Crippen LogP) is 2.41. The van der Waals surface area contributed by atoms with E-state index in [-0.39, 0.29) is 17.5 Å². The van der Waals surface area contributed by atoms with Crippen LogP contribution in [0.2, 0.25) is 0 Å². The van der Waals surface area contributed by atoms with Gasteiger partial charge in [-0.2, -0.15) is 11.3 Å². The van der Waals surface area contributed by atoms with Gasteiger partial charge in [0.25, 0.3) is 5.91 Å². The lowest BCUT2D eigenvalue weighted by Crippen LogP contribution is -2.30. The largest absolute Gasteiger partial charge is 0.332 e. The number of likely N-dealkylation sites (tertiary alicyclic amines) is 1. The number of carbonyl (C=O) groups excluding carboxylic acids is 1. The molecule has 0 saturated carbocycles. The van der Waals surface area contributed by atoms with E-state index < -0.39 is 0 Å². The van der Waals surface area contributed by atoms with Crippen LogP contribution in [0.3, 0.4) is 0 Å². The molecule has 1 N–H and O–H groups in total. The lowest BCUT2D eigenvalue weighted by Gasteiger charge is -2.24. The van der Waals surface area contributed by atoms with E-state index in [1.54, 1.807) is 17.4 Å². The average molecular weight is 274 g/mol. The van der Waals surface area contributed by atoms with Crippen LogP contribution in [0.4, 0.5) is 0 Å². The maximum atomic E-state index is 12.5. The normalized spacial score (nSPS) is 18.7. The summed E-state index contributed by atoms with van der Waals surface area (Å²) in [6.07, 6.45) is 3.52. The van der Waals surface area contributed by atoms with Crippen LogP contribution in [0.1, 0.15) is 34.8 Å². The molecule has 2 aromatic rings. The molecule has 98 valence electrons. The Kier molecular flexibility index (Phi) is 3.21. The van der Waals surface area contributed by atoms with Gasteiger partial charge in [-0.15, -0.1) is 0 Å². The molecule has 0 radical (unpaired) electrons. The molecule has 3 rings (SSSR count). The Labute approximate surface area is 114 Å². The van der Waals surface area contributed by atoms with Crippen molar-refractivity contribution in [2.45, 2.75) is 18.9 Å². The Morgan fingerprint density at radius 1 is 1.37 bits per heavy atom. The molecule has 0 unspecified atom stereocenters. The van der Waals surface area contributed by atoms with Crippen molar-refractivity contribution in [1.82, 2.24) is 9.88 Å². The summed E-state index contributed by atoms with van der Waals surface area (Å²) in [5, 5.41) is 4.14. The maximum Gasteiger partial charge on any atom is 0.255 e. The maximum absolute atomic E-state index is 12.5. The molecule has 5 heteroatoms. The monoisotopic (exact) mass is 274 g/mol. The lowest BCUT2D eigenvalue weighted by atomic mass is 10.1. The van der Waals surface area contributed by atoms with Crippen molar-refractivity contribution in [1.29, 1.82) is 0 Å². The fraction of sp³-hybridized carbons (Fsp3) is 0.286. The quantitative estimate of drug-likeness (QED) is 0.914. The van der Waals surface area contributed by atoms with Gasteiger partial charge in [0.05, 0.1) is 11.6 Å². The van der Waals surface area contributed by atoms with Crippen molar-refractivity contribution in [2.24, 2.45) is 0 Å². The second-order valence-corrected chi connectivity index (χ2v) is 5.43. The average Bonchev–Trinajstić information content (AvgIpc) is 3.09. The van der Waals surface area contributed by atoms with E-state index in [2.05, 4.69) is 16.4 Å². The van der Waals surface area contributed by atoms with E-state index in [1.165, 1.54) is 17.8 Å². The smallest absolute Gasteiger partial charge is 0.255 e. The van der Waals surface area contributed by atoms with Gasteiger partial charge in [-0.25, -0.2) is 0 Å². The van der Waals surface area contributed by atoms with Gasteiger partial charge in [0.15, 0.2) is 0 Å². The number of nitrogens with zero attached hydrogens (tertiary/aromatic N) is 1. The van der Waals surface area contributed by atoms with E-state index >= 15 is 0 Å². The summed E-state index contributed by atoms with van der Waals surface area (Å²) in [6.45, 7) is 0.776. The number of hydrogen-bond donors (Lipinski definition) is 1. The van der Waals surface area contributed by atoms with Gasteiger partial charge in [0, 0.05) is 18.8 Å². The second kappa shape index (κ2) is 5.01. The highest BCUT2D eigenvalue weighted by Gasteiger charge is 2.30. The molecular weight excluding hydrogens is 260 g/mol. The van der Waals surface area contributed by atoms with Crippen molar-refractivity contribution in [3.05, 3.63) is 56.6 Å². The second-order valence-electron chi connectivity index (χ2n) is 4.65. The Bertz CT molecular complexity index is 613. The number of aromatic amines is 1. The number of rotatable bonds is 2. The highest BCUT2D eigenvalue weighted by Crippen LogP contribution is 2.33. The fourth-order valence-corrected chi connectivity index (χ4v) is 3.24. The molecule has 1 saturated heterocycles. The predicted molar refractivity (Wildman–Crippen MR) is 74.4 cm³/mol. The molecule has 0 spiro atoms. The molecule has 19 heavy (non-hydrogen) atoms. The van der Waals surface area contributed by atoms with Crippen LogP contribution < -0.4 is 5.56 Å². The molecule has 1 fully saturated rings. The Morgan fingerprint density at radius 2 is 2.26 bits per heavy atom. The first kappa shape index (κ1) is 12.2. The fourth-order valence-electron chi connectivity index (χ4n) is 2.53. The van der Waals surface area contributed by atoms with Gasteiger partial charge >= 0.3 is 0 Å². The summed E-state index contributed by atoms with van der Waals surface area (Å²) < 4.78 is 0. The lowest BCUT2D eigenvalue weighted by molar-refractivity contribution is 0.0735.